The monoisotopic (exact) mass is 447 g/mol. The van der Waals surface area contributed by atoms with Crippen molar-refractivity contribution in [2.75, 3.05) is 29.7 Å². The van der Waals surface area contributed by atoms with Crippen molar-refractivity contribution in [3.63, 3.8) is 0 Å². The third kappa shape index (κ3) is 4.73. The lowest BCUT2D eigenvalue weighted by molar-refractivity contribution is -0.117. The smallest absolute Gasteiger partial charge is 0.273 e. The van der Waals surface area contributed by atoms with Crippen molar-refractivity contribution in [1.82, 2.24) is 20.5 Å². The largest absolute Gasteiger partial charge is 0.495 e. The second-order valence-corrected chi connectivity index (χ2v) is 7.26. The first-order valence-corrected chi connectivity index (χ1v) is 10.1. The first-order valence-electron chi connectivity index (χ1n) is 10.1. The molecule has 11 nitrogen and oxygen atoms in total. The summed E-state index contributed by atoms with van der Waals surface area (Å²) < 4.78 is 5.13. The number of allylic oxidation sites excluding steroid dienone is 2. The molecule has 2 aromatic rings. The molecular formula is C22H21N7O4. The van der Waals surface area contributed by atoms with Crippen LogP contribution in [0, 0.1) is 5.92 Å². The molecule has 11 heteroatoms. The van der Waals surface area contributed by atoms with Crippen LogP contribution in [0.4, 0.5) is 17.3 Å². The fourth-order valence-electron chi connectivity index (χ4n) is 3.09. The van der Waals surface area contributed by atoms with Gasteiger partial charge in [0.1, 0.15) is 11.6 Å². The zero-order chi connectivity index (χ0) is 23.4. The third-order valence-corrected chi connectivity index (χ3v) is 5.00. The van der Waals surface area contributed by atoms with Gasteiger partial charge in [0.2, 0.25) is 5.91 Å². The van der Waals surface area contributed by atoms with Crippen molar-refractivity contribution < 1.29 is 19.1 Å². The lowest BCUT2D eigenvalue weighted by Crippen LogP contribution is -2.26. The number of hydrogen-bond donors (Lipinski definition) is 3. The summed E-state index contributed by atoms with van der Waals surface area (Å²) in [5, 5.41) is 16.1. The summed E-state index contributed by atoms with van der Waals surface area (Å²) in [4.78, 5) is 42.2. The second-order valence-electron chi connectivity index (χ2n) is 7.26. The quantitative estimate of drug-likeness (QED) is 0.541. The molecule has 1 aliphatic heterocycles. The van der Waals surface area contributed by atoms with Gasteiger partial charge < -0.3 is 20.7 Å². The van der Waals surface area contributed by atoms with Crippen LogP contribution in [0.15, 0.2) is 54.1 Å². The maximum absolute atomic E-state index is 12.3. The van der Waals surface area contributed by atoms with Crippen molar-refractivity contribution in [3.05, 3.63) is 59.8 Å². The molecule has 0 saturated heterocycles. The average Bonchev–Trinajstić information content (AvgIpc) is 3.69. The summed E-state index contributed by atoms with van der Waals surface area (Å²) >= 11 is 0. The van der Waals surface area contributed by atoms with Gasteiger partial charge >= 0.3 is 0 Å². The van der Waals surface area contributed by atoms with Crippen LogP contribution in [0.5, 0.6) is 5.75 Å². The zero-order valence-corrected chi connectivity index (χ0v) is 18.0. The molecule has 3 N–H and O–H groups in total. The lowest BCUT2D eigenvalue weighted by atomic mass is 10.2. The van der Waals surface area contributed by atoms with E-state index in [1.54, 1.807) is 35.4 Å². The van der Waals surface area contributed by atoms with E-state index in [2.05, 4.69) is 31.1 Å². The number of hydrogen-bond acceptors (Lipinski definition) is 9. The molecule has 33 heavy (non-hydrogen) atoms. The molecule has 1 aliphatic carbocycles. The summed E-state index contributed by atoms with van der Waals surface area (Å²) in [7, 11) is 3.00. The van der Waals surface area contributed by atoms with Crippen LogP contribution in [0.1, 0.15) is 23.3 Å². The fraction of sp³-hybridized carbons (Fsp3) is 0.227. The maximum atomic E-state index is 12.3. The average molecular weight is 447 g/mol. The number of methoxy groups -OCH3 is 1. The van der Waals surface area contributed by atoms with E-state index >= 15 is 0 Å². The third-order valence-electron chi connectivity index (χ3n) is 5.00. The summed E-state index contributed by atoms with van der Waals surface area (Å²) in [5.41, 5.74) is 0.741. The molecular weight excluding hydrogens is 426 g/mol. The number of rotatable bonds is 7. The molecule has 1 fully saturated rings. The Labute approximate surface area is 189 Å². The number of nitrogens with one attached hydrogen (secondary N) is 3. The number of carbonyl (C=O) groups is 2. The summed E-state index contributed by atoms with van der Waals surface area (Å²) in [6, 6.07) is 4.91. The van der Waals surface area contributed by atoms with Gasteiger partial charge in [-0.05, 0) is 37.1 Å². The Hall–Kier alpha value is -4.50. The topological polar surface area (TPSA) is 138 Å². The van der Waals surface area contributed by atoms with E-state index in [0.29, 0.717) is 17.3 Å². The minimum Gasteiger partial charge on any atom is -0.495 e. The summed E-state index contributed by atoms with van der Waals surface area (Å²) in [6.45, 7) is 0. The Morgan fingerprint density at radius 2 is 2.06 bits per heavy atom. The molecule has 0 unspecified atom stereocenters. The van der Waals surface area contributed by atoms with Crippen LogP contribution in [-0.2, 0) is 9.59 Å². The van der Waals surface area contributed by atoms with Gasteiger partial charge in [0.15, 0.2) is 23.2 Å². The van der Waals surface area contributed by atoms with Crippen LogP contribution >= 0.6 is 0 Å². The van der Waals surface area contributed by atoms with E-state index in [1.807, 2.05) is 5.94 Å². The van der Waals surface area contributed by atoms with Gasteiger partial charge in [-0.25, -0.2) is 9.78 Å². The SMILES string of the molecule is CNC(=O)c1nnc(NC(=O)C2CC2)cc1NC1=CC=CN(c2ccc(OC)cn2)C1=C=O. The van der Waals surface area contributed by atoms with E-state index in [4.69, 9.17) is 4.74 Å². The number of nitrogens with zero attached hydrogens (tertiary/aromatic N) is 4. The number of aromatic nitrogens is 3. The highest BCUT2D eigenvalue weighted by Gasteiger charge is 2.30. The summed E-state index contributed by atoms with van der Waals surface area (Å²) in [6.07, 6.45) is 8.22. The van der Waals surface area contributed by atoms with Crippen LogP contribution in [0.3, 0.4) is 0 Å². The highest BCUT2D eigenvalue weighted by Crippen LogP contribution is 2.31. The highest BCUT2D eigenvalue weighted by molar-refractivity contribution is 5.99. The Balaban J connectivity index is 1.63. The molecule has 2 aliphatic rings. The molecule has 3 heterocycles. The van der Waals surface area contributed by atoms with E-state index in [-0.39, 0.29) is 34.7 Å². The molecule has 0 radical (unpaired) electrons. The van der Waals surface area contributed by atoms with Crippen LogP contribution < -0.4 is 25.6 Å². The van der Waals surface area contributed by atoms with E-state index in [0.717, 1.165) is 12.8 Å². The van der Waals surface area contributed by atoms with E-state index in [9.17, 15) is 14.4 Å². The zero-order valence-electron chi connectivity index (χ0n) is 18.0. The predicted octanol–water partition coefficient (Wildman–Crippen LogP) is 1.63. The number of pyridine rings is 1. The van der Waals surface area contributed by atoms with Crippen LogP contribution in [0.2, 0.25) is 0 Å². The van der Waals surface area contributed by atoms with Crippen molar-refractivity contribution in [3.8, 4) is 5.75 Å². The fourth-order valence-corrected chi connectivity index (χ4v) is 3.09. The van der Waals surface area contributed by atoms with E-state index < -0.39 is 5.91 Å². The predicted molar refractivity (Wildman–Crippen MR) is 120 cm³/mol. The van der Waals surface area contributed by atoms with Crippen LogP contribution in [0.25, 0.3) is 0 Å². The number of amides is 2. The molecule has 0 atom stereocenters. The highest BCUT2D eigenvalue weighted by atomic mass is 16.5. The van der Waals surface area contributed by atoms with E-state index in [1.165, 1.54) is 26.4 Å². The van der Waals surface area contributed by atoms with Gasteiger partial charge in [-0.15, -0.1) is 10.2 Å². The first-order chi connectivity index (χ1) is 16.0. The maximum Gasteiger partial charge on any atom is 0.273 e. The van der Waals surface area contributed by atoms with Gasteiger partial charge in [-0.3, -0.25) is 14.5 Å². The van der Waals surface area contributed by atoms with Crippen molar-refractivity contribution >= 4 is 35.1 Å². The molecule has 168 valence electrons. The van der Waals surface area contributed by atoms with Crippen molar-refractivity contribution in [1.29, 1.82) is 0 Å². The van der Waals surface area contributed by atoms with Crippen molar-refractivity contribution in [2.24, 2.45) is 5.92 Å². The second kappa shape index (κ2) is 9.33. The van der Waals surface area contributed by atoms with Gasteiger partial charge in [0, 0.05) is 25.2 Å². The molecule has 0 spiro atoms. The van der Waals surface area contributed by atoms with Crippen LogP contribution in [-0.4, -0.2) is 47.1 Å². The minimum absolute atomic E-state index is 0.00301. The Morgan fingerprint density at radius 3 is 2.70 bits per heavy atom. The number of carbonyl (C=O) groups excluding carboxylic acids is 3. The summed E-state index contributed by atoms with van der Waals surface area (Å²) in [5.74, 6) is 2.50. The Kier molecular flexibility index (Phi) is 6.14. The molecule has 4 rings (SSSR count). The number of anilines is 3. The first kappa shape index (κ1) is 21.7. The lowest BCUT2D eigenvalue weighted by Gasteiger charge is -2.25. The molecule has 2 amide bonds. The van der Waals surface area contributed by atoms with Gasteiger partial charge in [0.25, 0.3) is 5.91 Å². The number of ether oxygens (including phenoxy) is 1. The Bertz CT molecular complexity index is 1200. The van der Waals surface area contributed by atoms with Gasteiger partial charge in [-0.2, -0.15) is 0 Å². The van der Waals surface area contributed by atoms with Crippen molar-refractivity contribution in [2.45, 2.75) is 12.8 Å². The molecule has 0 aromatic carbocycles. The molecule has 0 bridgehead atoms. The molecule has 2 aromatic heterocycles. The van der Waals surface area contributed by atoms with Gasteiger partial charge in [-0.1, -0.05) is 0 Å². The minimum atomic E-state index is -0.484. The Morgan fingerprint density at radius 1 is 1.24 bits per heavy atom. The normalized spacial score (nSPS) is 14.8. The molecule has 1 saturated carbocycles. The standard InChI is InChI=1S/C22H21N7O4/c1-23-22(32)20-16(10-18(27-28-20)26-21(31)13-5-6-13)25-15-4-3-9-29(17(15)12-30)19-8-7-14(33-2)11-24-19/h3-4,7-11,13H,5-6H2,1-2H3,(H,23,32)(H2,25,26,27,31). The van der Waals surface area contributed by atoms with Gasteiger partial charge in [0.05, 0.1) is 24.7 Å².